The summed E-state index contributed by atoms with van der Waals surface area (Å²) in [6, 6.07) is 9.72. The molecule has 1 aromatic carbocycles. The summed E-state index contributed by atoms with van der Waals surface area (Å²) in [7, 11) is 0. The van der Waals surface area contributed by atoms with Crippen molar-refractivity contribution in [2.75, 3.05) is 5.32 Å². The Bertz CT molecular complexity index is 671. The lowest BCUT2D eigenvalue weighted by atomic mass is 10.1. The van der Waals surface area contributed by atoms with Crippen molar-refractivity contribution in [3.8, 4) is 0 Å². The summed E-state index contributed by atoms with van der Waals surface area (Å²) in [5.41, 5.74) is 1.34. The Morgan fingerprint density at radius 3 is 2.67 bits per heavy atom. The molecule has 0 aliphatic heterocycles. The van der Waals surface area contributed by atoms with Crippen molar-refractivity contribution < 1.29 is 9.72 Å². The van der Waals surface area contributed by atoms with E-state index in [4.69, 9.17) is 0 Å². The van der Waals surface area contributed by atoms with Crippen LogP contribution in [0.15, 0.2) is 42.6 Å². The van der Waals surface area contributed by atoms with Gasteiger partial charge in [-0.25, -0.2) is 0 Å². The van der Waals surface area contributed by atoms with Crippen molar-refractivity contribution >= 4 is 17.2 Å². The molecule has 108 valence electrons. The Balaban J connectivity index is 2.31. The van der Waals surface area contributed by atoms with Crippen LogP contribution in [0.1, 0.15) is 35.9 Å². The van der Waals surface area contributed by atoms with Gasteiger partial charge in [-0.2, -0.15) is 0 Å². The number of benzene rings is 1. The number of nitrogens with one attached hydrogen (secondary N) is 1. The first-order valence-corrected chi connectivity index (χ1v) is 6.46. The molecule has 6 heteroatoms. The van der Waals surface area contributed by atoms with E-state index in [0.29, 0.717) is 11.3 Å². The van der Waals surface area contributed by atoms with Gasteiger partial charge in [0, 0.05) is 17.8 Å². The monoisotopic (exact) mass is 285 g/mol. The zero-order valence-corrected chi connectivity index (χ0v) is 11.7. The van der Waals surface area contributed by atoms with Crippen LogP contribution in [0.25, 0.3) is 0 Å². The van der Waals surface area contributed by atoms with Gasteiger partial charge in [-0.3, -0.25) is 19.9 Å². The summed E-state index contributed by atoms with van der Waals surface area (Å²) < 4.78 is 0. The second kappa shape index (κ2) is 6.13. The van der Waals surface area contributed by atoms with E-state index in [1.807, 2.05) is 19.1 Å². The van der Waals surface area contributed by atoms with E-state index in [1.165, 1.54) is 13.0 Å². The fourth-order valence-corrected chi connectivity index (χ4v) is 1.96. The summed E-state index contributed by atoms with van der Waals surface area (Å²) in [5, 5.41) is 14.2. The number of anilines is 1. The van der Waals surface area contributed by atoms with Crippen LogP contribution in [0.3, 0.4) is 0 Å². The van der Waals surface area contributed by atoms with E-state index in [1.54, 1.807) is 24.4 Å². The summed E-state index contributed by atoms with van der Waals surface area (Å²) in [6.07, 6.45) is 1.67. The van der Waals surface area contributed by atoms with Gasteiger partial charge in [-0.1, -0.05) is 6.07 Å². The molecule has 2 aromatic rings. The van der Waals surface area contributed by atoms with Crippen molar-refractivity contribution in [2.24, 2.45) is 0 Å². The highest BCUT2D eigenvalue weighted by Crippen LogP contribution is 2.28. The van der Waals surface area contributed by atoms with Crippen molar-refractivity contribution in [2.45, 2.75) is 19.9 Å². The molecule has 1 aromatic heterocycles. The molecule has 1 N–H and O–H groups in total. The first-order valence-electron chi connectivity index (χ1n) is 6.46. The predicted molar refractivity (Wildman–Crippen MR) is 79.4 cm³/mol. The molecule has 6 nitrogen and oxygen atoms in total. The molecule has 1 atom stereocenters. The van der Waals surface area contributed by atoms with Crippen LogP contribution in [0, 0.1) is 10.1 Å². The van der Waals surface area contributed by atoms with Crippen LogP contribution in [0.2, 0.25) is 0 Å². The third kappa shape index (κ3) is 3.42. The molecule has 1 heterocycles. The summed E-state index contributed by atoms with van der Waals surface area (Å²) in [4.78, 5) is 26.2. The topological polar surface area (TPSA) is 85.1 Å². The minimum Gasteiger partial charge on any atom is -0.371 e. The number of carbonyl (C=O) groups excluding carboxylic acids is 1. The Morgan fingerprint density at radius 2 is 2.10 bits per heavy atom. The maximum atomic E-state index is 11.3. The fraction of sp³-hybridized carbons (Fsp3) is 0.200. The lowest BCUT2D eigenvalue weighted by Gasteiger charge is -2.15. The largest absolute Gasteiger partial charge is 0.371 e. The number of nitro benzene ring substituents is 1. The van der Waals surface area contributed by atoms with Gasteiger partial charge in [0.25, 0.3) is 5.69 Å². The maximum Gasteiger partial charge on any atom is 0.293 e. The van der Waals surface area contributed by atoms with E-state index in [0.717, 1.165) is 5.69 Å². The summed E-state index contributed by atoms with van der Waals surface area (Å²) in [6.45, 7) is 3.24. The molecule has 0 aliphatic rings. The van der Waals surface area contributed by atoms with Gasteiger partial charge in [-0.05, 0) is 38.1 Å². The normalized spacial score (nSPS) is 11.7. The highest BCUT2D eigenvalue weighted by atomic mass is 16.6. The Hall–Kier alpha value is -2.76. The molecular formula is C15H15N3O3. The second-order valence-electron chi connectivity index (χ2n) is 4.67. The van der Waals surface area contributed by atoms with Gasteiger partial charge in [0.15, 0.2) is 5.78 Å². The molecule has 0 spiro atoms. The van der Waals surface area contributed by atoms with E-state index in [9.17, 15) is 14.9 Å². The van der Waals surface area contributed by atoms with Gasteiger partial charge in [0.05, 0.1) is 16.7 Å². The van der Waals surface area contributed by atoms with Gasteiger partial charge in [-0.15, -0.1) is 0 Å². The van der Waals surface area contributed by atoms with E-state index in [2.05, 4.69) is 10.3 Å². The highest BCUT2D eigenvalue weighted by molar-refractivity contribution is 5.95. The number of nitrogens with zero attached hydrogens (tertiary/aromatic N) is 2. The number of Topliss-reactive ketones (excluding diaryl/α,β-unsaturated/α-hetero) is 1. The van der Waals surface area contributed by atoms with E-state index < -0.39 is 4.92 Å². The molecule has 0 amide bonds. The molecule has 0 unspecified atom stereocenters. The van der Waals surface area contributed by atoms with Crippen LogP contribution in [-0.2, 0) is 0 Å². The number of ketones is 1. The number of pyridine rings is 1. The van der Waals surface area contributed by atoms with Crippen LogP contribution < -0.4 is 5.32 Å². The van der Waals surface area contributed by atoms with Gasteiger partial charge in [0.2, 0.25) is 0 Å². The first-order chi connectivity index (χ1) is 9.99. The zero-order chi connectivity index (χ0) is 15.4. The van der Waals surface area contributed by atoms with E-state index >= 15 is 0 Å². The molecule has 0 fully saturated rings. The summed E-state index contributed by atoms with van der Waals surface area (Å²) >= 11 is 0. The lowest BCUT2D eigenvalue weighted by molar-refractivity contribution is -0.384. The van der Waals surface area contributed by atoms with Crippen molar-refractivity contribution in [1.29, 1.82) is 0 Å². The number of aromatic nitrogens is 1. The molecule has 0 saturated carbocycles. The van der Waals surface area contributed by atoms with Gasteiger partial charge < -0.3 is 5.32 Å². The Kier molecular flexibility index (Phi) is 4.27. The Morgan fingerprint density at radius 1 is 1.33 bits per heavy atom. The zero-order valence-electron chi connectivity index (χ0n) is 11.7. The average molecular weight is 285 g/mol. The summed E-state index contributed by atoms with van der Waals surface area (Å²) in [5.74, 6) is -0.206. The third-order valence-electron chi connectivity index (χ3n) is 3.10. The SMILES string of the molecule is CC(=O)c1ccc(N[C@H](C)c2ccccn2)c([N+](=O)[O-])c1. The molecule has 0 aliphatic carbocycles. The molecule has 0 saturated heterocycles. The fourth-order valence-electron chi connectivity index (χ4n) is 1.96. The Labute approximate surface area is 122 Å². The average Bonchev–Trinajstić information content (AvgIpc) is 2.48. The van der Waals surface area contributed by atoms with Crippen molar-refractivity contribution in [1.82, 2.24) is 4.98 Å². The van der Waals surface area contributed by atoms with Crippen LogP contribution in [0.4, 0.5) is 11.4 Å². The third-order valence-corrected chi connectivity index (χ3v) is 3.10. The van der Waals surface area contributed by atoms with Crippen LogP contribution >= 0.6 is 0 Å². The van der Waals surface area contributed by atoms with Gasteiger partial charge >= 0.3 is 0 Å². The molecular weight excluding hydrogens is 270 g/mol. The van der Waals surface area contributed by atoms with Crippen LogP contribution in [-0.4, -0.2) is 15.7 Å². The molecule has 21 heavy (non-hydrogen) atoms. The van der Waals surface area contributed by atoms with Gasteiger partial charge in [0.1, 0.15) is 5.69 Å². The number of rotatable bonds is 5. The first kappa shape index (κ1) is 14.6. The smallest absolute Gasteiger partial charge is 0.293 e. The van der Waals surface area contributed by atoms with Crippen molar-refractivity contribution in [3.63, 3.8) is 0 Å². The minimum absolute atomic E-state index is 0.120. The highest BCUT2D eigenvalue weighted by Gasteiger charge is 2.18. The van der Waals surface area contributed by atoms with E-state index in [-0.39, 0.29) is 17.5 Å². The number of carbonyl (C=O) groups is 1. The second-order valence-corrected chi connectivity index (χ2v) is 4.67. The number of nitro groups is 1. The number of hydrogen-bond acceptors (Lipinski definition) is 5. The lowest BCUT2D eigenvalue weighted by Crippen LogP contribution is -2.10. The van der Waals surface area contributed by atoms with Crippen molar-refractivity contribution in [3.05, 3.63) is 64.0 Å². The quantitative estimate of drug-likeness (QED) is 0.517. The molecule has 0 bridgehead atoms. The standard InChI is InChI=1S/C15H15N3O3/c1-10(13-5-3-4-8-16-13)17-14-7-6-12(11(2)19)9-15(14)18(20)21/h3-10,17H,1-2H3/t10-/m1/s1. The maximum absolute atomic E-state index is 11.3. The minimum atomic E-state index is -0.500. The van der Waals surface area contributed by atoms with Crippen LogP contribution in [0.5, 0.6) is 0 Å². The number of hydrogen-bond donors (Lipinski definition) is 1. The predicted octanol–water partition coefficient (Wildman–Crippen LogP) is 3.37. The molecule has 0 radical (unpaired) electrons. The molecule has 2 rings (SSSR count).